The molecule has 0 spiro atoms. The van der Waals surface area contributed by atoms with Crippen molar-refractivity contribution in [2.24, 2.45) is 5.73 Å². The van der Waals surface area contributed by atoms with Crippen LogP contribution in [0.1, 0.15) is 25.7 Å². The summed E-state index contributed by atoms with van der Waals surface area (Å²) in [4.78, 5) is 2.41. The molecule has 0 amide bonds. The van der Waals surface area contributed by atoms with Gasteiger partial charge in [0, 0.05) is 19.2 Å². The summed E-state index contributed by atoms with van der Waals surface area (Å²) >= 11 is 0. The van der Waals surface area contributed by atoms with Crippen molar-refractivity contribution >= 4 is 0 Å². The van der Waals surface area contributed by atoms with Crippen LogP contribution < -0.4 is 5.73 Å². The molecule has 0 saturated carbocycles. The van der Waals surface area contributed by atoms with Gasteiger partial charge in [-0.1, -0.05) is 0 Å². The lowest BCUT2D eigenvalue weighted by Crippen LogP contribution is -2.43. The van der Waals surface area contributed by atoms with Gasteiger partial charge < -0.3 is 15.7 Å². The Labute approximate surface area is 74.5 Å². The number of rotatable bonds is 4. The van der Waals surface area contributed by atoms with Gasteiger partial charge >= 0.3 is 0 Å². The Morgan fingerprint density at radius 2 is 2.25 bits per heavy atom. The van der Waals surface area contributed by atoms with Crippen LogP contribution in [0.2, 0.25) is 0 Å². The third kappa shape index (κ3) is 3.52. The summed E-state index contributed by atoms with van der Waals surface area (Å²) in [5, 5.41) is 8.60. The molecule has 1 heterocycles. The summed E-state index contributed by atoms with van der Waals surface area (Å²) in [6, 6.07) is 0.382. The fourth-order valence-electron chi connectivity index (χ4n) is 1.74. The number of nitrogens with zero attached hydrogens (tertiary/aromatic N) is 1. The molecule has 1 aliphatic heterocycles. The molecule has 12 heavy (non-hydrogen) atoms. The van der Waals surface area contributed by atoms with Crippen molar-refractivity contribution in [3.05, 3.63) is 0 Å². The number of unbranched alkanes of at least 4 members (excludes halogenated alkanes) is 1. The van der Waals surface area contributed by atoms with Crippen LogP contribution >= 0.6 is 0 Å². The van der Waals surface area contributed by atoms with Crippen molar-refractivity contribution in [1.29, 1.82) is 0 Å². The van der Waals surface area contributed by atoms with Crippen LogP contribution in [-0.4, -0.2) is 42.3 Å². The van der Waals surface area contributed by atoms with E-state index >= 15 is 0 Å². The monoisotopic (exact) mass is 172 g/mol. The second kappa shape index (κ2) is 5.51. The summed E-state index contributed by atoms with van der Waals surface area (Å²) in [6.45, 7) is 3.67. The van der Waals surface area contributed by atoms with E-state index in [9.17, 15) is 0 Å². The highest BCUT2D eigenvalue weighted by Crippen LogP contribution is 2.08. The molecule has 1 aliphatic rings. The molecule has 0 radical (unpaired) electrons. The van der Waals surface area contributed by atoms with Crippen molar-refractivity contribution in [2.45, 2.75) is 31.7 Å². The highest BCUT2D eigenvalue weighted by molar-refractivity contribution is 4.74. The van der Waals surface area contributed by atoms with Crippen molar-refractivity contribution in [2.75, 3.05) is 26.2 Å². The average Bonchev–Trinajstić information content (AvgIpc) is 2.05. The number of piperidine rings is 1. The van der Waals surface area contributed by atoms with Crippen LogP contribution in [0.5, 0.6) is 0 Å². The van der Waals surface area contributed by atoms with E-state index in [0.29, 0.717) is 12.6 Å². The first-order valence-electron chi connectivity index (χ1n) is 4.91. The van der Waals surface area contributed by atoms with Crippen LogP contribution in [0.15, 0.2) is 0 Å². The summed E-state index contributed by atoms with van der Waals surface area (Å²) in [5.41, 5.74) is 5.84. The Morgan fingerprint density at radius 3 is 2.92 bits per heavy atom. The Hall–Kier alpha value is -0.120. The van der Waals surface area contributed by atoms with Crippen LogP contribution in [0.4, 0.5) is 0 Å². The molecule has 0 aromatic carbocycles. The first kappa shape index (κ1) is 9.96. The zero-order valence-electron chi connectivity index (χ0n) is 7.71. The maximum absolute atomic E-state index is 8.60. The van der Waals surface area contributed by atoms with Gasteiger partial charge in [0.2, 0.25) is 0 Å². The number of aliphatic hydroxyl groups is 1. The number of hydrogen-bond donors (Lipinski definition) is 2. The molecule has 3 nitrogen and oxygen atoms in total. The highest BCUT2D eigenvalue weighted by Gasteiger charge is 2.15. The topological polar surface area (TPSA) is 49.5 Å². The molecule has 3 N–H and O–H groups in total. The number of aliphatic hydroxyl groups excluding tert-OH is 1. The zero-order valence-corrected chi connectivity index (χ0v) is 7.71. The van der Waals surface area contributed by atoms with Gasteiger partial charge in [-0.2, -0.15) is 0 Å². The minimum Gasteiger partial charge on any atom is -0.396 e. The standard InChI is InChI=1S/C9H20N2O/c10-9-4-3-6-11(8-9)5-1-2-7-12/h9,12H,1-8,10H2. The lowest BCUT2D eigenvalue weighted by Gasteiger charge is -2.30. The van der Waals surface area contributed by atoms with Gasteiger partial charge in [-0.25, -0.2) is 0 Å². The lowest BCUT2D eigenvalue weighted by molar-refractivity contribution is 0.197. The fourth-order valence-corrected chi connectivity index (χ4v) is 1.74. The third-order valence-electron chi connectivity index (χ3n) is 2.42. The minimum absolute atomic E-state index is 0.319. The summed E-state index contributed by atoms with van der Waals surface area (Å²) < 4.78 is 0. The molecule has 0 aromatic rings. The predicted octanol–water partition coefficient (Wildman–Crippen LogP) is 0.182. The SMILES string of the molecule is NC1CCCN(CCCCO)C1. The fraction of sp³-hybridized carbons (Fsp3) is 1.00. The third-order valence-corrected chi connectivity index (χ3v) is 2.42. The van der Waals surface area contributed by atoms with Crippen LogP contribution in [0.25, 0.3) is 0 Å². The maximum atomic E-state index is 8.60. The van der Waals surface area contributed by atoms with Crippen molar-refractivity contribution in [1.82, 2.24) is 4.90 Å². The van der Waals surface area contributed by atoms with E-state index in [1.165, 1.54) is 19.4 Å². The molecular formula is C9H20N2O. The number of likely N-dealkylation sites (tertiary alicyclic amines) is 1. The van der Waals surface area contributed by atoms with Gasteiger partial charge in [0.25, 0.3) is 0 Å². The average molecular weight is 172 g/mol. The van der Waals surface area contributed by atoms with E-state index in [-0.39, 0.29) is 0 Å². The minimum atomic E-state index is 0.319. The van der Waals surface area contributed by atoms with Crippen molar-refractivity contribution in [3.63, 3.8) is 0 Å². The molecular weight excluding hydrogens is 152 g/mol. The smallest absolute Gasteiger partial charge is 0.0431 e. The van der Waals surface area contributed by atoms with E-state index in [4.69, 9.17) is 10.8 Å². The summed E-state index contributed by atoms with van der Waals surface area (Å²) in [7, 11) is 0. The Balaban J connectivity index is 2.06. The van der Waals surface area contributed by atoms with Crippen LogP contribution in [0.3, 0.4) is 0 Å². The highest BCUT2D eigenvalue weighted by atomic mass is 16.2. The summed E-state index contributed by atoms with van der Waals surface area (Å²) in [6.07, 6.45) is 4.44. The molecule has 0 aliphatic carbocycles. The van der Waals surface area contributed by atoms with E-state index in [2.05, 4.69) is 4.90 Å². The van der Waals surface area contributed by atoms with E-state index < -0.39 is 0 Å². The molecule has 0 aromatic heterocycles. The Kier molecular flexibility index (Phi) is 4.58. The van der Waals surface area contributed by atoms with E-state index in [0.717, 1.165) is 25.9 Å². The van der Waals surface area contributed by atoms with Gasteiger partial charge in [-0.15, -0.1) is 0 Å². The molecule has 0 bridgehead atoms. The number of nitrogens with two attached hydrogens (primary N) is 1. The van der Waals surface area contributed by atoms with Gasteiger partial charge in [-0.05, 0) is 38.8 Å². The Morgan fingerprint density at radius 1 is 1.42 bits per heavy atom. The maximum Gasteiger partial charge on any atom is 0.0431 e. The van der Waals surface area contributed by atoms with Crippen molar-refractivity contribution < 1.29 is 5.11 Å². The number of hydrogen-bond acceptors (Lipinski definition) is 3. The normalized spacial score (nSPS) is 26.0. The van der Waals surface area contributed by atoms with Crippen LogP contribution in [0, 0.1) is 0 Å². The van der Waals surface area contributed by atoms with Gasteiger partial charge in [0.15, 0.2) is 0 Å². The molecule has 1 fully saturated rings. The molecule has 1 saturated heterocycles. The van der Waals surface area contributed by atoms with Crippen molar-refractivity contribution in [3.8, 4) is 0 Å². The summed E-state index contributed by atoms with van der Waals surface area (Å²) in [5.74, 6) is 0. The van der Waals surface area contributed by atoms with E-state index in [1.807, 2.05) is 0 Å². The van der Waals surface area contributed by atoms with Gasteiger partial charge in [-0.3, -0.25) is 0 Å². The molecule has 3 heteroatoms. The zero-order chi connectivity index (χ0) is 8.81. The van der Waals surface area contributed by atoms with E-state index in [1.54, 1.807) is 0 Å². The second-order valence-electron chi connectivity index (χ2n) is 3.63. The molecule has 1 atom stereocenters. The van der Waals surface area contributed by atoms with Gasteiger partial charge in [0.1, 0.15) is 0 Å². The second-order valence-corrected chi connectivity index (χ2v) is 3.63. The van der Waals surface area contributed by atoms with Crippen LogP contribution in [-0.2, 0) is 0 Å². The van der Waals surface area contributed by atoms with Gasteiger partial charge in [0.05, 0.1) is 0 Å². The first-order valence-corrected chi connectivity index (χ1v) is 4.91. The molecule has 1 unspecified atom stereocenters. The quantitative estimate of drug-likeness (QED) is 0.595. The largest absolute Gasteiger partial charge is 0.396 e. The lowest BCUT2D eigenvalue weighted by atomic mass is 10.1. The molecule has 72 valence electrons. The first-order chi connectivity index (χ1) is 5.83. The molecule has 1 rings (SSSR count). The Bertz CT molecular complexity index is 119. The predicted molar refractivity (Wildman–Crippen MR) is 50.0 cm³/mol.